The standard InChI is InChI=1S/C21H18N4O2S2/c1-26-18-12-16(9-10-17(18)27-14-15-6-3-2-4-7-15)13-22-25-20(23-24-21(25)28)19-8-5-11-29-19/h2-13H,14H2,1H3,(H,24,28)/b22-13-. The first-order valence-electron chi connectivity index (χ1n) is 8.85. The Bertz CT molecular complexity index is 1170. The van der Waals surface area contributed by atoms with Crippen LogP contribution in [0.25, 0.3) is 10.7 Å². The quantitative estimate of drug-likeness (QED) is 0.331. The number of aromatic amines is 1. The molecule has 2 aromatic heterocycles. The zero-order valence-electron chi connectivity index (χ0n) is 15.6. The van der Waals surface area contributed by atoms with Crippen molar-refractivity contribution in [3.8, 4) is 22.2 Å². The lowest BCUT2D eigenvalue weighted by atomic mass is 10.2. The molecule has 29 heavy (non-hydrogen) atoms. The summed E-state index contributed by atoms with van der Waals surface area (Å²) in [5.74, 6) is 1.99. The van der Waals surface area contributed by atoms with E-state index in [9.17, 15) is 0 Å². The summed E-state index contributed by atoms with van der Waals surface area (Å²) in [5, 5.41) is 13.5. The number of nitrogens with zero attached hydrogens (tertiary/aromatic N) is 3. The second-order valence-electron chi connectivity index (χ2n) is 6.07. The maximum absolute atomic E-state index is 5.90. The molecule has 1 N–H and O–H groups in total. The maximum Gasteiger partial charge on any atom is 0.216 e. The number of thiophene rings is 1. The maximum atomic E-state index is 5.90. The summed E-state index contributed by atoms with van der Waals surface area (Å²) in [7, 11) is 1.62. The van der Waals surface area contributed by atoms with Gasteiger partial charge in [-0.2, -0.15) is 14.9 Å². The second-order valence-corrected chi connectivity index (χ2v) is 7.41. The zero-order valence-corrected chi connectivity index (χ0v) is 17.2. The van der Waals surface area contributed by atoms with Crippen molar-refractivity contribution >= 4 is 29.8 Å². The second kappa shape index (κ2) is 8.85. The Hall–Kier alpha value is -3.23. The summed E-state index contributed by atoms with van der Waals surface area (Å²) in [6.45, 7) is 0.471. The molecule has 0 saturated heterocycles. The topological polar surface area (TPSA) is 64.4 Å². The Labute approximate surface area is 177 Å². The van der Waals surface area contributed by atoms with Crippen LogP contribution in [0.15, 0.2) is 71.1 Å². The predicted molar refractivity (Wildman–Crippen MR) is 117 cm³/mol. The minimum atomic E-state index is 0.430. The molecule has 4 aromatic rings. The van der Waals surface area contributed by atoms with E-state index in [1.165, 1.54) is 0 Å². The minimum absolute atomic E-state index is 0.430. The fourth-order valence-electron chi connectivity index (χ4n) is 2.71. The molecular weight excluding hydrogens is 404 g/mol. The average molecular weight is 423 g/mol. The Morgan fingerprint density at radius 2 is 2.00 bits per heavy atom. The third kappa shape index (κ3) is 4.44. The van der Waals surface area contributed by atoms with E-state index in [0.29, 0.717) is 28.7 Å². The van der Waals surface area contributed by atoms with E-state index in [0.717, 1.165) is 16.0 Å². The number of nitrogens with one attached hydrogen (secondary N) is 1. The number of ether oxygens (including phenoxy) is 2. The smallest absolute Gasteiger partial charge is 0.216 e. The average Bonchev–Trinajstić information content (AvgIpc) is 3.41. The third-order valence-corrected chi connectivity index (χ3v) is 5.27. The molecule has 0 bridgehead atoms. The summed E-state index contributed by atoms with van der Waals surface area (Å²) < 4.78 is 13.4. The van der Waals surface area contributed by atoms with Crippen LogP contribution in [0.4, 0.5) is 0 Å². The fourth-order valence-corrected chi connectivity index (χ4v) is 3.59. The number of hydrogen-bond acceptors (Lipinski definition) is 6. The number of rotatable bonds is 7. The van der Waals surface area contributed by atoms with Crippen LogP contribution in [-0.4, -0.2) is 28.2 Å². The molecule has 0 atom stereocenters. The number of H-pyrrole nitrogens is 1. The van der Waals surface area contributed by atoms with Gasteiger partial charge in [0, 0.05) is 0 Å². The van der Waals surface area contributed by atoms with Crippen molar-refractivity contribution in [2.75, 3.05) is 7.11 Å². The van der Waals surface area contributed by atoms with Crippen molar-refractivity contribution in [3.05, 3.63) is 81.9 Å². The normalized spacial score (nSPS) is 11.1. The highest BCUT2D eigenvalue weighted by Crippen LogP contribution is 2.28. The van der Waals surface area contributed by atoms with Crippen LogP contribution >= 0.6 is 23.6 Å². The van der Waals surface area contributed by atoms with Gasteiger partial charge in [-0.1, -0.05) is 36.4 Å². The Morgan fingerprint density at radius 1 is 1.14 bits per heavy atom. The van der Waals surface area contributed by atoms with Gasteiger partial charge in [-0.25, -0.2) is 5.10 Å². The van der Waals surface area contributed by atoms with Gasteiger partial charge in [-0.3, -0.25) is 0 Å². The van der Waals surface area contributed by atoms with E-state index in [2.05, 4.69) is 15.3 Å². The molecule has 6 nitrogen and oxygen atoms in total. The molecule has 0 radical (unpaired) electrons. The van der Waals surface area contributed by atoms with Crippen LogP contribution in [-0.2, 0) is 6.61 Å². The zero-order chi connectivity index (χ0) is 20.1. The molecule has 0 saturated carbocycles. The van der Waals surface area contributed by atoms with E-state index in [1.54, 1.807) is 29.3 Å². The first kappa shape index (κ1) is 19.1. The fraction of sp³-hybridized carbons (Fsp3) is 0.0952. The molecule has 146 valence electrons. The Morgan fingerprint density at radius 3 is 2.76 bits per heavy atom. The summed E-state index contributed by atoms with van der Waals surface area (Å²) >= 11 is 6.88. The van der Waals surface area contributed by atoms with E-state index in [1.807, 2.05) is 66.0 Å². The number of aromatic nitrogens is 3. The molecule has 0 unspecified atom stereocenters. The highest BCUT2D eigenvalue weighted by Gasteiger charge is 2.09. The molecule has 0 aliphatic carbocycles. The van der Waals surface area contributed by atoms with Crippen LogP contribution in [0.3, 0.4) is 0 Å². The summed E-state index contributed by atoms with van der Waals surface area (Å²) in [6, 6.07) is 19.6. The minimum Gasteiger partial charge on any atom is -0.493 e. The van der Waals surface area contributed by atoms with Gasteiger partial charge in [0.15, 0.2) is 17.3 Å². The number of benzene rings is 2. The van der Waals surface area contributed by atoms with Gasteiger partial charge < -0.3 is 9.47 Å². The van der Waals surface area contributed by atoms with Crippen molar-refractivity contribution in [2.45, 2.75) is 6.61 Å². The molecule has 0 aliphatic heterocycles. The van der Waals surface area contributed by atoms with Crippen molar-refractivity contribution in [1.29, 1.82) is 0 Å². The Kier molecular flexibility index (Phi) is 5.83. The molecule has 0 amide bonds. The van der Waals surface area contributed by atoms with Crippen LogP contribution < -0.4 is 9.47 Å². The van der Waals surface area contributed by atoms with Gasteiger partial charge in [0.25, 0.3) is 0 Å². The summed E-state index contributed by atoms with van der Waals surface area (Å²) in [4.78, 5) is 0.983. The van der Waals surface area contributed by atoms with E-state index >= 15 is 0 Å². The van der Waals surface area contributed by atoms with Crippen molar-refractivity contribution in [2.24, 2.45) is 5.10 Å². The molecule has 0 aliphatic rings. The monoisotopic (exact) mass is 422 g/mol. The Balaban J connectivity index is 1.54. The van der Waals surface area contributed by atoms with Crippen LogP contribution in [0.5, 0.6) is 11.5 Å². The van der Waals surface area contributed by atoms with Gasteiger partial charge in [-0.15, -0.1) is 11.3 Å². The van der Waals surface area contributed by atoms with Crippen molar-refractivity contribution in [1.82, 2.24) is 14.9 Å². The molecule has 2 aromatic carbocycles. The number of hydrogen-bond donors (Lipinski definition) is 1. The van der Waals surface area contributed by atoms with Gasteiger partial charge in [0.1, 0.15) is 6.61 Å². The van der Waals surface area contributed by atoms with Gasteiger partial charge in [0.05, 0.1) is 18.2 Å². The van der Waals surface area contributed by atoms with E-state index in [-0.39, 0.29) is 0 Å². The molecule has 0 fully saturated rings. The van der Waals surface area contributed by atoms with Gasteiger partial charge in [-0.05, 0) is 53.0 Å². The lowest BCUT2D eigenvalue weighted by Gasteiger charge is -2.11. The predicted octanol–water partition coefficient (Wildman–Crippen LogP) is 5.14. The largest absolute Gasteiger partial charge is 0.493 e. The summed E-state index contributed by atoms with van der Waals surface area (Å²) in [5.41, 5.74) is 1.95. The number of methoxy groups -OCH3 is 1. The van der Waals surface area contributed by atoms with Crippen LogP contribution in [0.1, 0.15) is 11.1 Å². The molecule has 8 heteroatoms. The first-order valence-corrected chi connectivity index (χ1v) is 10.1. The SMILES string of the molecule is COc1cc(/C=N\n2c(-c3cccs3)n[nH]c2=S)ccc1OCc1ccccc1. The molecule has 2 heterocycles. The van der Waals surface area contributed by atoms with Crippen molar-refractivity contribution in [3.63, 3.8) is 0 Å². The first-order chi connectivity index (χ1) is 14.2. The molecular formula is C21H18N4O2S2. The highest BCUT2D eigenvalue weighted by atomic mass is 32.1. The van der Waals surface area contributed by atoms with Crippen LogP contribution in [0.2, 0.25) is 0 Å². The van der Waals surface area contributed by atoms with Gasteiger partial charge in [0.2, 0.25) is 4.77 Å². The molecule has 4 rings (SSSR count). The van der Waals surface area contributed by atoms with Crippen molar-refractivity contribution < 1.29 is 9.47 Å². The lowest BCUT2D eigenvalue weighted by Crippen LogP contribution is -1.99. The lowest BCUT2D eigenvalue weighted by molar-refractivity contribution is 0.284. The van der Waals surface area contributed by atoms with E-state index in [4.69, 9.17) is 21.7 Å². The van der Waals surface area contributed by atoms with Gasteiger partial charge >= 0.3 is 0 Å². The van der Waals surface area contributed by atoms with E-state index < -0.39 is 0 Å². The summed E-state index contributed by atoms with van der Waals surface area (Å²) in [6.07, 6.45) is 1.71. The van der Waals surface area contributed by atoms with Crippen LogP contribution in [0, 0.1) is 4.77 Å². The third-order valence-electron chi connectivity index (χ3n) is 4.14. The molecule has 0 spiro atoms. The highest BCUT2D eigenvalue weighted by molar-refractivity contribution is 7.71.